The van der Waals surface area contributed by atoms with Gasteiger partial charge in [0, 0.05) is 30.5 Å². The van der Waals surface area contributed by atoms with Gasteiger partial charge in [-0.15, -0.1) is 0 Å². The van der Waals surface area contributed by atoms with Gasteiger partial charge in [0.25, 0.3) is 0 Å². The average molecular weight is 364 g/mol. The summed E-state index contributed by atoms with van der Waals surface area (Å²) in [4.78, 5) is 18.4. The summed E-state index contributed by atoms with van der Waals surface area (Å²) in [6, 6.07) is 8.50. The number of piperidine rings is 1. The second-order valence-electron chi connectivity index (χ2n) is 6.18. The molecule has 0 bridgehead atoms. The Bertz CT molecular complexity index is 771. The molecule has 3 rings (SSSR count). The number of hydrogen-bond acceptors (Lipinski definition) is 4. The molecule has 0 unspecified atom stereocenters. The van der Waals surface area contributed by atoms with Crippen LogP contribution in [0.4, 0.5) is 18.9 Å². The van der Waals surface area contributed by atoms with Crippen molar-refractivity contribution in [1.82, 2.24) is 4.98 Å². The highest BCUT2D eigenvalue weighted by molar-refractivity contribution is 5.88. The van der Waals surface area contributed by atoms with Crippen molar-refractivity contribution < 1.29 is 22.7 Å². The standard InChI is InChI=1S/C19H19F3N2O2/c20-19(21,22)16-7-3-2-6-14(16)13-26-18(25)17-12-15(8-9-23-17)24-10-4-1-5-11-24/h2-3,6-9,12H,1,4-5,10-11,13H2. The Morgan fingerprint density at radius 2 is 1.85 bits per heavy atom. The molecular formula is C19H19F3N2O2. The number of nitrogens with zero attached hydrogens (tertiary/aromatic N) is 2. The van der Waals surface area contributed by atoms with Gasteiger partial charge in [0.1, 0.15) is 12.3 Å². The molecule has 1 aliphatic rings. The number of aromatic nitrogens is 1. The number of carbonyl (C=O) groups is 1. The molecule has 1 saturated heterocycles. The molecule has 138 valence electrons. The third kappa shape index (κ3) is 4.33. The van der Waals surface area contributed by atoms with E-state index in [1.165, 1.54) is 30.8 Å². The number of carbonyl (C=O) groups excluding carboxylic acids is 1. The van der Waals surface area contributed by atoms with Gasteiger partial charge in [0.05, 0.1) is 5.56 Å². The third-order valence-corrected chi connectivity index (χ3v) is 4.36. The fourth-order valence-electron chi connectivity index (χ4n) is 3.02. The Labute approximate surface area is 149 Å². The maximum absolute atomic E-state index is 13.0. The normalized spacial score (nSPS) is 15.0. The highest BCUT2D eigenvalue weighted by atomic mass is 19.4. The van der Waals surface area contributed by atoms with Gasteiger partial charge >= 0.3 is 12.1 Å². The second kappa shape index (κ2) is 7.76. The molecule has 0 radical (unpaired) electrons. The molecule has 0 amide bonds. The molecule has 0 atom stereocenters. The Balaban J connectivity index is 1.69. The summed E-state index contributed by atoms with van der Waals surface area (Å²) in [6.07, 6.45) is 0.404. The number of ether oxygens (including phenoxy) is 1. The molecule has 1 fully saturated rings. The molecule has 1 aromatic carbocycles. The maximum atomic E-state index is 13.0. The molecule has 26 heavy (non-hydrogen) atoms. The van der Waals surface area contributed by atoms with Gasteiger partial charge in [-0.25, -0.2) is 9.78 Å². The molecule has 1 aliphatic heterocycles. The zero-order valence-electron chi connectivity index (χ0n) is 14.1. The van der Waals surface area contributed by atoms with Gasteiger partial charge in [-0.1, -0.05) is 18.2 Å². The largest absolute Gasteiger partial charge is 0.456 e. The van der Waals surface area contributed by atoms with E-state index in [4.69, 9.17) is 4.74 Å². The van der Waals surface area contributed by atoms with Gasteiger partial charge < -0.3 is 9.64 Å². The summed E-state index contributed by atoms with van der Waals surface area (Å²) in [5, 5.41) is 0. The summed E-state index contributed by atoms with van der Waals surface area (Å²) in [5.74, 6) is -0.735. The molecule has 0 aliphatic carbocycles. The van der Waals surface area contributed by atoms with Crippen molar-refractivity contribution in [3.8, 4) is 0 Å². The van der Waals surface area contributed by atoms with E-state index < -0.39 is 24.3 Å². The van der Waals surface area contributed by atoms with Crippen molar-refractivity contribution in [3.05, 3.63) is 59.4 Å². The first-order chi connectivity index (χ1) is 12.4. The lowest BCUT2D eigenvalue weighted by molar-refractivity contribution is -0.138. The van der Waals surface area contributed by atoms with Crippen molar-refractivity contribution in [3.63, 3.8) is 0 Å². The minimum absolute atomic E-state index is 0.0828. The van der Waals surface area contributed by atoms with Crippen LogP contribution in [-0.2, 0) is 17.5 Å². The van der Waals surface area contributed by atoms with Crippen LogP contribution in [-0.4, -0.2) is 24.0 Å². The van der Waals surface area contributed by atoms with Crippen molar-refractivity contribution in [1.29, 1.82) is 0 Å². The predicted octanol–water partition coefficient (Wildman–Crippen LogP) is 4.45. The van der Waals surface area contributed by atoms with Crippen LogP contribution in [0.15, 0.2) is 42.6 Å². The van der Waals surface area contributed by atoms with Crippen LogP contribution in [0.25, 0.3) is 0 Å². The Morgan fingerprint density at radius 1 is 1.12 bits per heavy atom. The molecular weight excluding hydrogens is 345 g/mol. The zero-order valence-corrected chi connectivity index (χ0v) is 14.1. The Morgan fingerprint density at radius 3 is 2.58 bits per heavy atom. The first kappa shape index (κ1) is 18.2. The number of rotatable bonds is 4. The van der Waals surface area contributed by atoms with Gasteiger partial charge in [0.15, 0.2) is 0 Å². The lowest BCUT2D eigenvalue weighted by atomic mass is 10.1. The quantitative estimate of drug-likeness (QED) is 0.752. The molecule has 0 spiro atoms. The van der Waals surface area contributed by atoms with E-state index in [0.717, 1.165) is 37.7 Å². The highest BCUT2D eigenvalue weighted by Gasteiger charge is 2.33. The van der Waals surface area contributed by atoms with Crippen LogP contribution >= 0.6 is 0 Å². The van der Waals surface area contributed by atoms with E-state index in [9.17, 15) is 18.0 Å². The van der Waals surface area contributed by atoms with Crippen molar-refractivity contribution in [2.75, 3.05) is 18.0 Å². The number of halogens is 3. The predicted molar refractivity (Wildman–Crippen MR) is 90.9 cm³/mol. The summed E-state index contributed by atoms with van der Waals surface area (Å²) in [6.45, 7) is 1.37. The molecule has 4 nitrogen and oxygen atoms in total. The van der Waals surface area contributed by atoms with Gasteiger partial charge in [-0.3, -0.25) is 0 Å². The van der Waals surface area contributed by atoms with Crippen LogP contribution < -0.4 is 4.90 Å². The summed E-state index contributed by atoms with van der Waals surface area (Å²) in [5.41, 5.74) is 0.0864. The summed E-state index contributed by atoms with van der Waals surface area (Å²) < 4.78 is 44.1. The first-order valence-corrected chi connectivity index (χ1v) is 8.48. The van der Waals surface area contributed by atoms with E-state index in [0.29, 0.717) is 0 Å². The van der Waals surface area contributed by atoms with E-state index in [2.05, 4.69) is 9.88 Å². The topological polar surface area (TPSA) is 42.4 Å². The third-order valence-electron chi connectivity index (χ3n) is 4.36. The average Bonchev–Trinajstić information content (AvgIpc) is 2.66. The number of benzene rings is 1. The summed E-state index contributed by atoms with van der Waals surface area (Å²) >= 11 is 0. The Hall–Kier alpha value is -2.57. The van der Waals surface area contributed by atoms with Crippen LogP contribution in [0.1, 0.15) is 40.9 Å². The molecule has 0 saturated carbocycles. The van der Waals surface area contributed by atoms with Crippen molar-refractivity contribution in [2.45, 2.75) is 32.0 Å². The van der Waals surface area contributed by atoms with E-state index >= 15 is 0 Å². The highest BCUT2D eigenvalue weighted by Crippen LogP contribution is 2.32. The van der Waals surface area contributed by atoms with Gasteiger partial charge in [0.2, 0.25) is 0 Å². The van der Waals surface area contributed by atoms with Crippen molar-refractivity contribution >= 4 is 11.7 Å². The van der Waals surface area contributed by atoms with E-state index in [1.807, 2.05) is 6.07 Å². The van der Waals surface area contributed by atoms with E-state index in [1.54, 1.807) is 6.07 Å². The molecule has 7 heteroatoms. The second-order valence-corrected chi connectivity index (χ2v) is 6.18. The van der Waals surface area contributed by atoms with Crippen molar-refractivity contribution in [2.24, 2.45) is 0 Å². The van der Waals surface area contributed by atoms with Crippen LogP contribution in [0.5, 0.6) is 0 Å². The number of pyridine rings is 1. The number of esters is 1. The lowest BCUT2D eigenvalue weighted by Crippen LogP contribution is -2.29. The molecule has 0 N–H and O–H groups in total. The first-order valence-electron chi connectivity index (χ1n) is 8.48. The van der Waals surface area contributed by atoms with Gasteiger partial charge in [-0.05, 0) is 37.5 Å². The molecule has 2 aromatic rings. The van der Waals surface area contributed by atoms with Gasteiger partial charge in [-0.2, -0.15) is 13.2 Å². The minimum Gasteiger partial charge on any atom is -0.456 e. The fourth-order valence-corrected chi connectivity index (χ4v) is 3.02. The monoisotopic (exact) mass is 364 g/mol. The fraction of sp³-hybridized carbons (Fsp3) is 0.368. The zero-order chi connectivity index (χ0) is 18.6. The maximum Gasteiger partial charge on any atom is 0.416 e. The summed E-state index contributed by atoms with van der Waals surface area (Å²) in [7, 11) is 0. The minimum atomic E-state index is -4.49. The molecule has 1 aromatic heterocycles. The van der Waals surface area contributed by atoms with Crippen LogP contribution in [0.2, 0.25) is 0 Å². The SMILES string of the molecule is O=C(OCc1ccccc1C(F)(F)F)c1cc(N2CCCCC2)ccn1. The smallest absolute Gasteiger partial charge is 0.416 e. The van der Waals surface area contributed by atoms with E-state index in [-0.39, 0.29) is 11.3 Å². The Kier molecular flexibility index (Phi) is 5.44. The lowest BCUT2D eigenvalue weighted by Gasteiger charge is -2.28. The molecule has 2 heterocycles. The number of hydrogen-bond donors (Lipinski definition) is 0. The number of anilines is 1. The number of alkyl halides is 3. The van der Waals surface area contributed by atoms with Crippen LogP contribution in [0.3, 0.4) is 0 Å². The van der Waals surface area contributed by atoms with Crippen LogP contribution in [0, 0.1) is 0 Å².